The van der Waals surface area contributed by atoms with Gasteiger partial charge in [-0.3, -0.25) is 10.1 Å². The molecule has 3 aromatic rings. The van der Waals surface area contributed by atoms with Crippen molar-refractivity contribution >= 4 is 22.8 Å². The van der Waals surface area contributed by atoms with Gasteiger partial charge in [0.25, 0.3) is 5.91 Å². The lowest BCUT2D eigenvalue weighted by Gasteiger charge is -2.06. The highest BCUT2D eigenvalue weighted by atomic mass is 16.5. The molecule has 0 bridgehead atoms. The minimum absolute atomic E-state index is 0.202. The fraction of sp³-hybridized carbons (Fsp3) is 0.235. The molecule has 1 amide bonds. The number of carbonyl (C=O) groups excluding carboxylic acids is 1. The normalized spacial score (nSPS) is 10.7. The standard InChI is InChI=1S/C17H16N2O5/c1-2-3-12-8-16(24-19-12)18-15(20)10-22-13-6-4-11-5-7-17(21)23-14(11)9-13/h4-9H,2-3,10H2,1H3,(H,18,20). The summed E-state index contributed by atoms with van der Waals surface area (Å²) in [5.41, 5.74) is 0.753. The number of ether oxygens (including phenoxy) is 1. The minimum atomic E-state index is -0.439. The maximum Gasteiger partial charge on any atom is 0.336 e. The molecule has 0 fully saturated rings. The van der Waals surface area contributed by atoms with Crippen LogP contribution in [0, 0.1) is 0 Å². The van der Waals surface area contributed by atoms with E-state index in [0.717, 1.165) is 23.9 Å². The molecule has 1 aromatic carbocycles. The van der Waals surface area contributed by atoms with Gasteiger partial charge in [0.2, 0.25) is 5.88 Å². The van der Waals surface area contributed by atoms with Crippen LogP contribution in [0.25, 0.3) is 11.0 Å². The molecule has 7 heteroatoms. The first-order valence-electron chi connectivity index (χ1n) is 7.56. The number of amides is 1. The van der Waals surface area contributed by atoms with Crippen LogP contribution >= 0.6 is 0 Å². The van der Waals surface area contributed by atoms with Crippen LogP contribution in [0.1, 0.15) is 19.0 Å². The van der Waals surface area contributed by atoms with Crippen molar-refractivity contribution in [3.8, 4) is 5.75 Å². The number of rotatable bonds is 6. The Kier molecular flexibility index (Phi) is 4.60. The van der Waals surface area contributed by atoms with E-state index in [0.29, 0.717) is 11.3 Å². The van der Waals surface area contributed by atoms with Gasteiger partial charge in [0.15, 0.2) is 6.61 Å². The Bertz CT molecular complexity index is 912. The van der Waals surface area contributed by atoms with E-state index in [9.17, 15) is 9.59 Å². The van der Waals surface area contributed by atoms with Gasteiger partial charge in [-0.25, -0.2) is 4.79 Å². The van der Waals surface area contributed by atoms with E-state index in [4.69, 9.17) is 13.7 Å². The molecule has 24 heavy (non-hydrogen) atoms. The van der Waals surface area contributed by atoms with Crippen LogP contribution in [0.2, 0.25) is 0 Å². The Balaban J connectivity index is 1.60. The van der Waals surface area contributed by atoms with E-state index in [2.05, 4.69) is 10.5 Å². The van der Waals surface area contributed by atoms with Crippen molar-refractivity contribution < 1.29 is 18.5 Å². The van der Waals surface area contributed by atoms with Gasteiger partial charge < -0.3 is 13.7 Å². The fourth-order valence-corrected chi connectivity index (χ4v) is 2.20. The molecule has 0 spiro atoms. The summed E-state index contributed by atoms with van der Waals surface area (Å²) in [6.07, 6.45) is 1.74. The number of hydrogen-bond acceptors (Lipinski definition) is 6. The van der Waals surface area contributed by atoms with Crippen molar-refractivity contribution in [2.24, 2.45) is 0 Å². The Morgan fingerprint density at radius 2 is 2.08 bits per heavy atom. The van der Waals surface area contributed by atoms with E-state index < -0.39 is 5.63 Å². The van der Waals surface area contributed by atoms with Gasteiger partial charge in [-0.15, -0.1) is 0 Å². The Labute approximate surface area is 137 Å². The van der Waals surface area contributed by atoms with Gasteiger partial charge in [-0.2, -0.15) is 0 Å². The highest BCUT2D eigenvalue weighted by Crippen LogP contribution is 2.19. The lowest BCUT2D eigenvalue weighted by Crippen LogP contribution is -2.19. The average Bonchev–Trinajstić information content (AvgIpc) is 3.00. The maximum absolute atomic E-state index is 11.9. The zero-order valence-electron chi connectivity index (χ0n) is 13.1. The summed E-state index contributed by atoms with van der Waals surface area (Å²) in [4.78, 5) is 23.1. The molecule has 0 saturated heterocycles. The number of fused-ring (bicyclic) bond motifs is 1. The van der Waals surface area contributed by atoms with E-state index in [1.807, 2.05) is 6.92 Å². The Morgan fingerprint density at radius 1 is 1.25 bits per heavy atom. The second-order valence-electron chi connectivity index (χ2n) is 5.22. The predicted octanol–water partition coefficient (Wildman–Crippen LogP) is 2.75. The van der Waals surface area contributed by atoms with Gasteiger partial charge >= 0.3 is 5.63 Å². The second-order valence-corrected chi connectivity index (χ2v) is 5.22. The average molecular weight is 328 g/mol. The molecular formula is C17H16N2O5. The van der Waals surface area contributed by atoms with Crippen molar-refractivity contribution in [2.75, 3.05) is 11.9 Å². The minimum Gasteiger partial charge on any atom is -0.484 e. The number of nitrogens with one attached hydrogen (secondary N) is 1. The summed E-state index contributed by atoms with van der Waals surface area (Å²) >= 11 is 0. The number of carbonyl (C=O) groups is 1. The molecule has 0 aliphatic heterocycles. The monoisotopic (exact) mass is 328 g/mol. The molecule has 124 valence electrons. The Morgan fingerprint density at radius 3 is 2.92 bits per heavy atom. The molecule has 2 aromatic heterocycles. The third-order valence-electron chi connectivity index (χ3n) is 3.29. The van der Waals surface area contributed by atoms with E-state index in [1.54, 1.807) is 30.3 Å². The van der Waals surface area contributed by atoms with Crippen LogP contribution in [-0.2, 0) is 11.2 Å². The van der Waals surface area contributed by atoms with E-state index in [1.165, 1.54) is 6.07 Å². The quantitative estimate of drug-likeness (QED) is 0.699. The highest BCUT2D eigenvalue weighted by Gasteiger charge is 2.09. The second kappa shape index (κ2) is 6.99. The molecule has 0 aliphatic rings. The molecule has 2 heterocycles. The molecule has 7 nitrogen and oxygen atoms in total. The zero-order valence-corrected chi connectivity index (χ0v) is 13.1. The van der Waals surface area contributed by atoms with Crippen LogP contribution in [-0.4, -0.2) is 17.7 Å². The molecule has 0 aliphatic carbocycles. The lowest BCUT2D eigenvalue weighted by molar-refractivity contribution is -0.118. The molecule has 0 saturated carbocycles. The van der Waals surface area contributed by atoms with Crippen LogP contribution in [0.3, 0.4) is 0 Å². The predicted molar refractivity (Wildman–Crippen MR) is 87.1 cm³/mol. The molecule has 0 atom stereocenters. The van der Waals surface area contributed by atoms with Crippen molar-refractivity contribution in [2.45, 2.75) is 19.8 Å². The maximum atomic E-state index is 11.9. The van der Waals surface area contributed by atoms with Gasteiger partial charge in [-0.05, 0) is 24.6 Å². The number of hydrogen-bond donors (Lipinski definition) is 1. The van der Waals surface area contributed by atoms with Crippen molar-refractivity contribution in [1.29, 1.82) is 0 Å². The van der Waals surface area contributed by atoms with Crippen LogP contribution < -0.4 is 15.7 Å². The lowest BCUT2D eigenvalue weighted by atomic mass is 10.2. The van der Waals surface area contributed by atoms with Crippen molar-refractivity contribution in [3.05, 3.63) is 52.5 Å². The smallest absolute Gasteiger partial charge is 0.336 e. The van der Waals surface area contributed by atoms with Crippen LogP contribution in [0.15, 0.2) is 50.1 Å². The van der Waals surface area contributed by atoms with Crippen molar-refractivity contribution in [3.63, 3.8) is 0 Å². The first-order valence-corrected chi connectivity index (χ1v) is 7.56. The topological polar surface area (TPSA) is 94.6 Å². The summed E-state index contributed by atoms with van der Waals surface area (Å²) in [6.45, 7) is 1.83. The van der Waals surface area contributed by atoms with Crippen LogP contribution in [0.5, 0.6) is 5.75 Å². The first-order chi connectivity index (χ1) is 11.6. The van der Waals surface area contributed by atoms with Gasteiger partial charge in [0, 0.05) is 23.6 Å². The molecular weight excluding hydrogens is 312 g/mol. The molecule has 0 radical (unpaired) electrons. The fourth-order valence-electron chi connectivity index (χ4n) is 2.20. The van der Waals surface area contributed by atoms with E-state index in [-0.39, 0.29) is 18.4 Å². The summed E-state index contributed by atoms with van der Waals surface area (Å²) in [5, 5.41) is 7.19. The summed E-state index contributed by atoms with van der Waals surface area (Å²) in [5.74, 6) is 0.344. The number of nitrogens with zero attached hydrogens (tertiary/aromatic N) is 1. The third-order valence-corrected chi connectivity index (χ3v) is 3.29. The largest absolute Gasteiger partial charge is 0.484 e. The third kappa shape index (κ3) is 3.81. The SMILES string of the molecule is CCCc1cc(NC(=O)COc2ccc3ccc(=O)oc3c2)on1. The van der Waals surface area contributed by atoms with Gasteiger partial charge in [0.05, 0.1) is 5.69 Å². The van der Waals surface area contributed by atoms with Crippen LogP contribution in [0.4, 0.5) is 5.88 Å². The molecule has 3 rings (SSSR count). The molecule has 0 unspecified atom stereocenters. The number of anilines is 1. The van der Waals surface area contributed by atoms with Gasteiger partial charge in [-0.1, -0.05) is 18.5 Å². The zero-order chi connectivity index (χ0) is 16.9. The number of aryl methyl sites for hydroxylation is 1. The summed E-state index contributed by atoms with van der Waals surface area (Å²) < 4.78 is 15.5. The number of benzene rings is 1. The Hall–Kier alpha value is -3.09. The van der Waals surface area contributed by atoms with Crippen molar-refractivity contribution in [1.82, 2.24) is 5.16 Å². The highest BCUT2D eigenvalue weighted by molar-refractivity contribution is 5.90. The van der Waals surface area contributed by atoms with E-state index >= 15 is 0 Å². The number of aromatic nitrogens is 1. The summed E-state index contributed by atoms with van der Waals surface area (Å²) in [7, 11) is 0. The first kappa shape index (κ1) is 15.8. The molecule has 1 N–H and O–H groups in total. The van der Waals surface area contributed by atoms with Gasteiger partial charge in [0.1, 0.15) is 11.3 Å². The summed E-state index contributed by atoms with van der Waals surface area (Å²) in [6, 6.07) is 9.71.